The maximum absolute atomic E-state index is 11.6. The topological polar surface area (TPSA) is 83.2 Å². The molecule has 0 saturated heterocycles. The Kier molecular flexibility index (Phi) is 4.98. The number of amides is 2. The minimum absolute atomic E-state index is 0.152. The maximum Gasteiger partial charge on any atom is 0.286 e. The van der Waals surface area contributed by atoms with E-state index in [1.54, 1.807) is 18.3 Å². The van der Waals surface area contributed by atoms with E-state index in [-0.39, 0.29) is 18.9 Å². The Morgan fingerprint density at radius 1 is 1.19 bits per heavy atom. The molecule has 0 unspecified atom stereocenters. The Hall–Kier alpha value is -2.76. The Labute approximate surface area is 122 Å². The summed E-state index contributed by atoms with van der Waals surface area (Å²) in [5.41, 5.74) is 6.12. The van der Waals surface area contributed by atoms with Gasteiger partial charge in [-0.3, -0.25) is 20.4 Å². The van der Waals surface area contributed by atoms with Crippen LogP contribution in [-0.2, 0) is 4.79 Å². The van der Waals surface area contributed by atoms with E-state index in [0.29, 0.717) is 5.69 Å². The molecular formula is C15H17N3O3. The fourth-order valence-electron chi connectivity index (χ4n) is 1.69. The molecule has 2 rings (SSSR count). The second-order valence-corrected chi connectivity index (χ2v) is 4.50. The zero-order chi connectivity index (χ0) is 15.1. The van der Waals surface area contributed by atoms with Gasteiger partial charge in [0.05, 0.1) is 13.0 Å². The van der Waals surface area contributed by atoms with Crippen molar-refractivity contribution in [1.82, 2.24) is 15.8 Å². The number of benzene rings is 1. The van der Waals surface area contributed by atoms with Crippen LogP contribution >= 0.6 is 0 Å². The van der Waals surface area contributed by atoms with Gasteiger partial charge in [-0.2, -0.15) is 0 Å². The van der Waals surface area contributed by atoms with Crippen molar-refractivity contribution < 1.29 is 14.3 Å². The van der Waals surface area contributed by atoms with Crippen molar-refractivity contribution in [3.05, 3.63) is 53.9 Å². The first-order valence-electron chi connectivity index (χ1n) is 6.57. The van der Waals surface area contributed by atoms with Crippen LogP contribution in [0.5, 0.6) is 5.75 Å². The van der Waals surface area contributed by atoms with E-state index < -0.39 is 5.91 Å². The van der Waals surface area contributed by atoms with E-state index in [1.807, 2.05) is 31.2 Å². The third-order valence-corrected chi connectivity index (χ3v) is 2.75. The fourth-order valence-corrected chi connectivity index (χ4v) is 1.69. The lowest BCUT2D eigenvalue weighted by molar-refractivity contribution is -0.122. The molecule has 0 atom stereocenters. The van der Waals surface area contributed by atoms with Crippen molar-refractivity contribution in [2.45, 2.75) is 13.3 Å². The van der Waals surface area contributed by atoms with Gasteiger partial charge in [0, 0.05) is 6.20 Å². The summed E-state index contributed by atoms with van der Waals surface area (Å²) in [5.74, 6) is 0.00809. The van der Waals surface area contributed by atoms with Gasteiger partial charge < -0.3 is 9.72 Å². The van der Waals surface area contributed by atoms with Gasteiger partial charge in [0.2, 0.25) is 5.91 Å². The van der Waals surface area contributed by atoms with E-state index in [4.69, 9.17) is 4.74 Å². The second-order valence-electron chi connectivity index (χ2n) is 4.50. The molecular weight excluding hydrogens is 270 g/mol. The molecule has 0 fully saturated rings. The summed E-state index contributed by atoms with van der Waals surface area (Å²) < 4.78 is 5.46. The SMILES string of the molecule is Cc1cccc(OCCC(=O)NNC(=O)c2ccc[nH]2)c1. The Morgan fingerprint density at radius 3 is 2.76 bits per heavy atom. The lowest BCUT2D eigenvalue weighted by Crippen LogP contribution is -2.42. The van der Waals surface area contributed by atoms with Crippen LogP contribution in [0.15, 0.2) is 42.6 Å². The predicted molar refractivity (Wildman–Crippen MR) is 77.7 cm³/mol. The zero-order valence-corrected chi connectivity index (χ0v) is 11.7. The largest absolute Gasteiger partial charge is 0.493 e. The molecule has 0 aliphatic rings. The minimum atomic E-state index is -0.395. The lowest BCUT2D eigenvalue weighted by Gasteiger charge is -2.08. The highest BCUT2D eigenvalue weighted by Crippen LogP contribution is 2.12. The van der Waals surface area contributed by atoms with Crippen LogP contribution in [0.1, 0.15) is 22.5 Å². The van der Waals surface area contributed by atoms with Gasteiger partial charge in [0.25, 0.3) is 5.91 Å². The number of ether oxygens (including phenoxy) is 1. The van der Waals surface area contributed by atoms with Crippen molar-refractivity contribution in [3.8, 4) is 5.75 Å². The van der Waals surface area contributed by atoms with Gasteiger partial charge in [0.1, 0.15) is 11.4 Å². The number of aryl methyl sites for hydroxylation is 1. The van der Waals surface area contributed by atoms with Gasteiger partial charge in [-0.05, 0) is 36.8 Å². The number of nitrogens with one attached hydrogen (secondary N) is 3. The number of hydrogen-bond acceptors (Lipinski definition) is 3. The summed E-state index contributed by atoms with van der Waals surface area (Å²) >= 11 is 0. The molecule has 0 aliphatic heterocycles. The molecule has 0 saturated carbocycles. The summed E-state index contributed by atoms with van der Waals surface area (Å²) in [6.45, 7) is 2.21. The molecule has 1 heterocycles. The lowest BCUT2D eigenvalue weighted by atomic mass is 10.2. The monoisotopic (exact) mass is 287 g/mol. The van der Waals surface area contributed by atoms with Crippen LogP contribution < -0.4 is 15.6 Å². The van der Waals surface area contributed by atoms with Crippen molar-refractivity contribution >= 4 is 11.8 Å². The van der Waals surface area contributed by atoms with E-state index in [0.717, 1.165) is 11.3 Å². The molecule has 2 aromatic rings. The standard InChI is InChI=1S/C15H17N3O3/c1-11-4-2-5-12(10-11)21-9-7-14(19)17-18-15(20)13-6-3-8-16-13/h2-6,8,10,16H,7,9H2,1H3,(H,17,19)(H,18,20). The molecule has 110 valence electrons. The molecule has 0 spiro atoms. The zero-order valence-electron chi connectivity index (χ0n) is 11.7. The minimum Gasteiger partial charge on any atom is -0.493 e. The van der Waals surface area contributed by atoms with Crippen LogP contribution in [0.2, 0.25) is 0 Å². The summed E-state index contributed by atoms with van der Waals surface area (Å²) in [4.78, 5) is 25.9. The third kappa shape index (κ3) is 4.68. The van der Waals surface area contributed by atoms with Gasteiger partial charge in [0.15, 0.2) is 0 Å². The first-order chi connectivity index (χ1) is 10.1. The van der Waals surface area contributed by atoms with Crippen molar-refractivity contribution in [1.29, 1.82) is 0 Å². The fraction of sp³-hybridized carbons (Fsp3) is 0.200. The van der Waals surface area contributed by atoms with Crippen molar-refractivity contribution in [2.75, 3.05) is 6.61 Å². The first kappa shape index (κ1) is 14.6. The second kappa shape index (κ2) is 7.14. The van der Waals surface area contributed by atoms with E-state index in [2.05, 4.69) is 15.8 Å². The number of aromatic nitrogens is 1. The maximum atomic E-state index is 11.6. The summed E-state index contributed by atoms with van der Waals surface area (Å²) in [6.07, 6.45) is 1.78. The third-order valence-electron chi connectivity index (χ3n) is 2.75. The molecule has 2 amide bonds. The molecule has 6 heteroatoms. The number of hydrazine groups is 1. The highest BCUT2D eigenvalue weighted by atomic mass is 16.5. The number of rotatable bonds is 5. The number of H-pyrrole nitrogens is 1. The molecule has 1 aromatic heterocycles. The van der Waals surface area contributed by atoms with E-state index in [9.17, 15) is 9.59 Å². The normalized spacial score (nSPS) is 9.95. The van der Waals surface area contributed by atoms with Crippen molar-refractivity contribution in [3.63, 3.8) is 0 Å². The molecule has 3 N–H and O–H groups in total. The summed E-state index contributed by atoms with van der Waals surface area (Å²) in [7, 11) is 0. The summed E-state index contributed by atoms with van der Waals surface area (Å²) in [6, 6.07) is 10.9. The van der Waals surface area contributed by atoms with Crippen LogP contribution in [-0.4, -0.2) is 23.4 Å². The van der Waals surface area contributed by atoms with Crippen LogP contribution in [0, 0.1) is 6.92 Å². The average molecular weight is 287 g/mol. The number of carbonyl (C=O) groups is 2. The number of carbonyl (C=O) groups excluding carboxylic acids is 2. The van der Waals surface area contributed by atoms with Gasteiger partial charge in [-0.25, -0.2) is 0 Å². The Bertz CT molecular complexity index is 608. The molecule has 0 radical (unpaired) electrons. The number of aromatic amines is 1. The highest BCUT2D eigenvalue weighted by molar-refractivity contribution is 5.93. The Balaban J connectivity index is 1.67. The highest BCUT2D eigenvalue weighted by Gasteiger charge is 2.07. The van der Waals surface area contributed by atoms with Crippen LogP contribution in [0.25, 0.3) is 0 Å². The van der Waals surface area contributed by atoms with Crippen molar-refractivity contribution in [2.24, 2.45) is 0 Å². The van der Waals surface area contributed by atoms with Gasteiger partial charge >= 0.3 is 0 Å². The van der Waals surface area contributed by atoms with E-state index >= 15 is 0 Å². The first-order valence-corrected chi connectivity index (χ1v) is 6.57. The number of hydrogen-bond donors (Lipinski definition) is 3. The average Bonchev–Trinajstić information content (AvgIpc) is 2.99. The Morgan fingerprint density at radius 2 is 2.05 bits per heavy atom. The smallest absolute Gasteiger partial charge is 0.286 e. The predicted octanol–water partition coefficient (Wildman–Crippen LogP) is 1.55. The van der Waals surface area contributed by atoms with Crippen LogP contribution in [0.4, 0.5) is 0 Å². The van der Waals surface area contributed by atoms with Gasteiger partial charge in [-0.1, -0.05) is 12.1 Å². The molecule has 0 aliphatic carbocycles. The summed E-state index contributed by atoms with van der Waals surface area (Å²) in [5, 5.41) is 0. The van der Waals surface area contributed by atoms with Crippen LogP contribution in [0.3, 0.4) is 0 Å². The van der Waals surface area contributed by atoms with Gasteiger partial charge in [-0.15, -0.1) is 0 Å². The quantitative estimate of drug-likeness (QED) is 0.730. The molecule has 6 nitrogen and oxygen atoms in total. The molecule has 21 heavy (non-hydrogen) atoms. The molecule has 1 aromatic carbocycles. The van der Waals surface area contributed by atoms with E-state index in [1.165, 1.54) is 0 Å². The molecule has 0 bridgehead atoms.